The van der Waals surface area contributed by atoms with Crippen LogP contribution in [0.1, 0.15) is 13.8 Å². The van der Waals surface area contributed by atoms with Crippen molar-refractivity contribution in [3.05, 3.63) is 12.2 Å². The van der Waals surface area contributed by atoms with Crippen LogP contribution in [0.4, 0.5) is 4.79 Å². The Morgan fingerprint density at radius 1 is 1.25 bits per heavy atom. The summed E-state index contributed by atoms with van der Waals surface area (Å²) in [6.07, 6.45) is 4.00. The van der Waals surface area contributed by atoms with Crippen LogP contribution >= 0.6 is 0 Å². The zero-order valence-corrected chi connectivity index (χ0v) is 5.22. The average Bonchev–Trinajstić information content (AvgIpc) is 1.65. The minimum absolute atomic E-state index is 0.833. The number of amides is 2. The summed E-state index contributed by atoms with van der Waals surface area (Å²) < 4.78 is 0. The summed E-state index contributed by atoms with van der Waals surface area (Å²) in [6.45, 7) is 4.00. The van der Waals surface area contributed by atoms with E-state index in [0.717, 1.165) is 0 Å². The number of urea groups is 1. The van der Waals surface area contributed by atoms with Gasteiger partial charge in [0.05, 0.1) is 0 Å². The van der Waals surface area contributed by atoms with Gasteiger partial charge in [-0.3, -0.25) is 0 Å². The van der Waals surface area contributed by atoms with Gasteiger partial charge in [-0.05, 0) is 13.8 Å². The van der Waals surface area contributed by atoms with Gasteiger partial charge in [0.25, 0.3) is 0 Å². The van der Waals surface area contributed by atoms with Crippen LogP contribution in [0.25, 0.3) is 0 Å². The number of carbonyl (C=O) groups is 1. The first-order chi connectivity index (χ1) is 3.65. The normalized spacial score (nSPS) is 7.75. The first kappa shape index (κ1) is 10.1. The Hall–Kier alpha value is -0.990. The van der Waals surface area contributed by atoms with Crippen molar-refractivity contribution in [3.63, 3.8) is 0 Å². The van der Waals surface area contributed by atoms with E-state index in [1.807, 2.05) is 26.0 Å². The van der Waals surface area contributed by atoms with E-state index in [-0.39, 0.29) is 0 Å². The smallest absolute Gasteiger partial charge is 0.309 e. The van der Waals surface area contributed by atoms with Crippen LogP contribution in [0, 0.1) is 0 Å². The van der Waals surface area contributed by atoms with Crippen LogP contribution in [0.5, 0.6) is 0 Å². The lowest BCUT2D eigenvalue weighted by Crippen LogP contribution is -2.18. The van der Waals surface area contributed by atoms with Crippen molar-refractivity contribution in [2.45, 2.75) is 13.8 Å². The topological polar surface area (TPSA) is 69.1 Å². The number of primary amides is 2. The molecule has 0 heterocycles. The summed E-state index contributed by atoms with van der Waals surface area (Å²) in [7, 11) is 0. The van der Waals surface area contributed by atoms with Crippen LogP contribution in [0.15, 0.2) is 12.2 Å². The Morgan fingerprint density at radius 3 is 1.38 bits per heavy atom. The maximum atomic E-state index is 9.00. The van der Waals surface area contributed by atoms with E-state index >= 15 is 0 Å². The second-order valence-electron chi connectivity index (χ2n) is 1.07. The molecule has 0 atom stereocenters. The van der Waals surface area contributed by atoms with Crippen molar-refractivity contribution < 1.29 is 4.79 Å². The highest BCUT2D eigenvalue weighted by molar-refractivity contribution is 5.69. The van der Waals surface area contributed by atoms with Crippen LogP contribution in [-0.2, 0) is 0 Å². The molecular weight excluding hydrogens is 104 g/mol. The molecule has 0 fully saturated rings. The molecule has 3 heteroatoms. The molecule has 0 aromatic heterocycles. The fourth-order valence-electron chi connectivity index (χ4n) is 0. The SMILES string of the molecule is C/C=C/C.NC(N)=O. The highest BCUT2D eigenvalue weighted by Gasteiger charge is 1.60. The minimum atomic E-state index is -0.833. The predicted octanol–water partition coefficient (Wildman–Crippen LogP) is 0.606. The summed E-state index contributed by atoms with van der Waals surface area (Å²) >= 11 is 0. The lowest BCUT2D eigenvalue weighted by atomic mass is 10.6. The van der Waals surface area contributed by atoms with Crippen molar-refractivity contribution in [3.8, 4) is 0 Å². The highest BCUT2D eigenvalue weighted by Crippen LogP contribution is 1.57. The summed E-state index contributed by atoms with van der Waals surface area (Å²) in [6, 6.07) is -0.833. The Bertz CT molecular complexity index is 70.5. The molecule has 0 aliphatic carbocycles. The maximum Gasteiger partial charge on any atom is 0.309 e. The Balaban J connectivity index is 0. The molecule has 3 nitrogen and oxygen atoms in total. The zero-order valence-electron chi connectivity index (χ0n) is 5.22. The molecular formula is C5H12N2O. The van der Waals surface area contributed by atoms with Gasteiger partial charge in [0.1, 0.15) is 0 Å². The summed E-state index contributed by atoms with van der Waals surface area (Å²) in [5, 5.41) is 0. The average molecular weight is 116 g/mol. The number of hydrogen-bond donors (Lipinski definition) is 2. The van der Waals surface area contributed by atoms with Crippen LogP contribution < -0.4 is 11.5 Å². The van der Waals surface area contributed by atoms with Crippen molar-refractivity contribution in [2.75, 3.05) is 0 Å². The van der Waals surface area contributed by atoms with Crippen LogP contribution in [-0.4, -0.2) is 6.03 Å². The fraction of sp³-hybridized carbons (Fsp3) is 0.400. The van der Waals surface area contributed by atoms with Gasteiger partial charge in [0.2, 0.25) is 0 Å². The van der Waals surface area contributed by atoms with Gasteiger partial charge in [0.15, 0.2) is 0 Å². The molecule has 0 saturated carbocycles. The second-order valence-corrected chi connectivity index (χ2v) is 1.07. The maximum absolute atomic E-state index is 9.00. The van der Waals surface area contributed by atoms with Crippen LogP contribution in [0.3, 0.4) is 0 Å². The van der Waals surface area contributed by atoms with Gasteiger partial charge in [-0.1, -0.05) is 12.2 Å². The molecule has 4 N–H and O–H groups in total. The van der Waals surface area contributed by atoms with Crippen LogP contribution in [0.2, 0.25) is 0 Å². The van der Waals surface area contributed by atoms with E-state index in [2.05, 4.69) is 11.5 Å². The van der Waals surface area contributed by atoms with Gasteiger partial charge < -0.3 is 11.5 Å². The third-order valence-electron chi connectivity index (χ3n) is 0.333. The molecule has 48 valence electrons. The molecule has 0 bridgehead atoms. The minimum Gasteiger partial charge on any atom is -0.352 e. The monoisotopic (exact) mass is 116 g/mol. The van der Waals surface area contributed by atoms with Gasteiger partial charge in [-0.2, -0.15) is 0 Å². The van der Waals surface area contributed by atoms with Crippen molar-refractivity contribution >= 4 is 6.03 Å². The number of rotatable bonds is 0. The largest absolute Gasteiger partial charge is 0.352 e. The lowest BCUT2D eigenvalue weighted by Gasteiger charge is -1.62. The Labute approximate surface area is 49.4 Å². The highest BCUT2D eigenvalue weighted by atomic mass is 16.2. The molecule has 0 aromatic carbocycles. The molecule has 2 amide bonds. The molecule has 0 rings (SSSR count). The Morgan fingerprint density at radius 2 is 1.38 bits per heavy atom. The molecule has 0 spiro atoms. The number of carbonyl (C=O) groups excluding carboxylic acids is 1. The van der Waals surface area contributed by atoms with Crippen molar-refractivity contribution in [1.82, 2.24) is 0 Å². The standard InChI is InChI=1S/C4H8.CH4N2O/c1-3-4-2;2-1(3)4/h3-4H,1-2H3;(H4,2,3,4)/b4-3+;. The molecule has 0 aliphatic heterocycles. The molecule has 0 radical (unpaired) electrons. The first-order valence-corrected chi connectivity index (χ1v) is 2.27. The van der Waals surface area contributed by atoms with Gasteiger partial charge >= 0.3 is 6.03 Å². The van der Waals surface area contributed by atoms with Crippen molar-refractivity contribution in [2.24, 2.45) is 11.5 Å². The third-order valence-corrected chi connectivity index (χ3v) is 0.333. The predicted molar refractivity (Wildman–Crippen MR) is 34.3 cm³/mol. The molecule has 0 aromatic rings. The van der Waals surface area contributed by atoms with E-state index < -0.39 is 6.03 Å². The zero-order chi connectivity index (χ0) is 6.99. The third kappa shape index (κ3) is 806000. The Kier molecular flexibility index (Phi) is 11.8. The molecule has 0 unspecified atom stereocenters. The van der Waals surface area contributed by atoms with Gasteiger partial charge in [-0.15, -0.1) is 0 Å². The molecule has 0 aliphatic rings. The van der Waals surface area contributed by atoms with E-state index in [0.29, 0.717) is 0 Å². The summed E-state index contributed by atoms with van der Waals surface area (Å²) in [4.78, 5) is 9.00. The summed E-state index contributed by atoms with van der Waals surface area (Å²) in [5.41, 5.74) is 8.50. The quantitative estimate of drug-likeness (QED) is 0.447. The molecule has 8 heavy (non-hydrogen) atoms. The fourth-order valence-corrected chi connectivity index (χ4v) is 0. The van der Waals surface area contributed by atoms with Crippen molar-refractivity contribution in [1.29, 1.82) is 0 Å². The first-order valence-electron chi connectivity index (χ1n) is 2.27. The van der Waals surface area contributed by atoms with E-state index in [1.165, 1.54) is 0 Å². The molecule has 0 saturated heterocycles. The van der Waals surface area contributed by atoms with Gasteiger partial charge in [0, 0.05) is 0 Å². The number of nitrogens with two attached hydrogens (primary N) is 2. The van der Waals surface area contributed by atoms with Gasteiger partial charge in [-0.25, -0.2) is 4.79 Å². The number of hydrogen-bond acceptors (Lipinski definition) is 1. The number of allylic oxidation sites excluding steroid dienone is 2. The van der Waals surface area contributed by atoms with E-state index in [1.54, 1.807) is 0 Å². The summed E-state index contributed by atoms with van der Waals surface area (Å²) in [5.74, 6) is 0. The van der Waals surface area contributed by atoms with E-state index in [9.17, 15) is 0 Å². The lowest BCUT2D eigenvalue weighted by molar-refractivity contribution is 0.256. The van der Waals surface area contributed by atoms with E-state index in [4.69, 9.17) is 4.79 Å². The second kappa shape index (κ2) is 9.38.